The van der Waals surface area contributed by atoms with Crippen LogP contribution in [0.5, 0.6) is 5.75 Å². The van der Waals surface area contributed by atoms with E-state index in [9.17, 15) is 4.79 Å². The number of carbonyl (C=O) groups is 1. The first-order chi connectivity index (χ1) is 21.2. The molecule has 2 fully saturated rings. The Bertz CT molecular complexity index is 1360. The Balaban J connectivity index is 1.02. The van der Waals surface area contributed by atoms with Crippen molar-refractivity contribution in [3.63, 3.8) is 0 Å². The molecule has 4 aromatic rings. The van der Waals surface area contributed by atoms with Crippen LogP contribution >= 0.6 is 0 Å². The van der Waals surface area contributed by atoms with E-state index in [4.69, 9.17) is 13.9 Å². The Morgan fingerprint density at radius 1 is 0.837 bits per heavy atom. The fourth-order valence-corrected chi connectivity index (χ4v) is 6.22. The lowest BCUT2D eigenvalue weighted by molar-refractivity contribution is 0.0118. The van der Waals surface area contributed by atoms with Crippen LogP contribution in [0.4, 0.5) is 0 Å². The minimum Gasteiger partial charge on any atom is -0.490 e. The summed E-state index contributed by atoms with van der Waals surface area (Å²) >= 11 is 0. The molecule has 7 heteroatoms. The number of benzene rings is 3. The lowest BCUT2D eigenvalue weighted by atomic mass is 9.90. The molecule has 1 amide bonds. The van der Waals surface area contributed by atoms with Crippen LogP contribution < -0.4 is 10.1 Å². The van der Waals surface area contributed by atoms with Gasteiger partial charge in [-0.3, -0.25) is 9.69 Å². The summed E-state index contributed by atoms with van der Waals surface area (Å²) in [6, 6.07) is 33.0. The third-order valence-electron chi connectivity index (χ3n) is 8.59. The minimum atomic E-state index is -0.113. The van der Waals surface area contributed by atoms with Crippen LogP contribution in [0.25, 0.3) is 0 Å². The molecule has 0 saturated carbocycles. The van der Waals surface area contributed by atoms with E-state index >= 15 is 0 Å². The lowest BCUT2D eigenvalue weighted by Crippen LogP contribution is -2.43. The van der Waals surface area contributed by atoms with Crippen molar-refractivity contribution < 1.29 is 18.7 Å². The van der Waals surface area contributed by atoms with Crippen LogP contribution in [-0.2, 0) is 4.74 Å². The van der Waals surface area contributed by atoms with Gasteiger partial charge in [-0.1, -0.05) is 66.7 Å². The Morgan fingerprint density at radius 3 is 2.19 bits per heavy atom. The Morgan fingerprint density at radius 2 is 1.53 bits per heavy atom. The van der Waals surface area contributed by atoms with Crippen molar-refractivity contribution >= 4 is 5.91 Å². The lowest BCUT2D eigenvalue weighted by Gasteiger charge is -2.34. The van der Waals surface area contributed by atoms with Crippen LogP contribution in [-0.4, -0.2) is 74.3 Å². The number of nitrogens with one attached hydrogen (secondary N) is 1. The number of carbonyl (C=O) groups excluding carboxylic acids is 1. The molecule has 1 aromatic heterocycles. The maximum absolute atomic E-state index is 13.2. The standard InChI is InChI=1S/C36H41N3O4/c40-36(37-26-34(35-15-8-22-42-35)39-20-23-41-24-21-39)30-13-7-14-32(25-30)43-31-16-18-38(19-17-31)27-33(28-9-3-1-4-10-28)29-11-5-2-6-12-29/h1-15,22,25,31,33-34H,16-21,23-24,26-27H2,(H,37,40). The molecule has 0 aliphatic carbocycles. The molecule has 2 aliphatic rings. The Kier molecular flexibility index (Phi) is 9.85. The molecule has 3 aromatic carbocycles. The van der Waals surface area contributed by atoms with Gasteiger partial charge in [-0.05, 0) is 54.3 Å². The fraction of sp³-hybridized carbons (Fsp3) is 0.361. The molecule has 1 N–H and O–H groups in total. The van der Waals surface area contributed by atoms with E-state index in [1.807, 2.05) is 36.4 Å². The highest BCUT2D eigenvalue weighted by Gasteiger charge is 2.27. The maximum atomic E-state index is 13.2. The number of hydrogen-bond donors (Lipinski definition) is 1. The van der Waals surface area contributed by atoms with Gasteiger partial charge >= 0.3 is 0 Å². The van der Waals surface area contributed by atoms with E-state index < -0.39 is 0 Å². The molecular weight excluding hydrogens is 538 g/mol. The topological polar surface area (TPSA) is 67.2 Å². The van der Waals surface area contributed by atoms with Gasteiger partial charge in [0.15, 0.2) is 0 Å². The Hall–Kier alpha value is -3.91. The summed E-state index contributed by atoms with van der Waals surface area (Å²) < 4.78 is 17.6. The molecule has 43 heavy (non-hydrogen) atoms. The zero-order chi connectivity index (χ0) is 29.3. The van der Waals surface area contributed by atoms with E-state index in [-0.39, 0.29) is 18.1 Å². The molecule has 1 unspecified atom stereocenters. The predicted molar refractivity (Wildman–Crippen MR) is 167 cm³/mol. The number of morpholine rings is 1. The van der Waals surface area contributed by atoms with Crippen molar-refractivity contribution in [3.8, 4) is 5.75 Å². The van der Waals surface area contributed by atoms with E-state index in [1.54, 1.807) is 6.26 Å². The van der Waals surface area contributed by atoms with Gasteiger partial charge in [-0.2, -0.15) is 0 Å². The number of rotatable bonds is 11. The van der Waals surface area contributed by atoms with Crippen molar-refractivity contribution in [1.82, 2.24) is 15.1 Å². The number of piperidine rings is 1. The largest absolute Gasteiger partial charge is 0.490 e. The zero-order valence-electron chi connectivity index (χ0n) is 24.6. The quantitative estimate of drug-likeness (QED) is 0.244. The molecule has 7 nitrogen and oxygen atoms in total. The third-order valence-corrected chi connectivity index (χ3v) is 8.59. The summed E-state index contributed by atoms with van der Waals surface area (Å²) in [4.78, 5) is 18.0. The molecule has 2 saturated heterocycles. The SMILES string of the molecule is O=C(NCC(c1ccco1)N1CCOCC1)c1cccc(OC2CCN(CC(c3ccccc3)c3ccccc3)CC2)c1. The number of likely N-dealkylation sites (tertiary alicyclic amines) is 1. The van der Waals surface area contributed by atoms with Gasteiger partial charge in [0.25, 0.3) is 5.91 Å². The molecule has 1 atom stereocenters. The smallest absolute Gasteiger partial charge is 0.251 e. The predicted octanol–water partition coefficient (Wildman–Crippen LogP) is 5.76. The molecule has 2 aliphatic heterocycles. The highest BCUT2D eigenvalue weighted by molar-refractivity contribution is 5.94. The summed E-state index contributed by atoms with van der Waals surface area (Å²) in [6.45, 7) is 6.40. The van der Waals surface area contributed by atoms with Gasteiger partial charge in [0, 0.05) is 50.7 Å². The fourth-order valence-electron chi connectivity index (χ4n) is 6.22. The minimum absolute atomic E-state index is 0.0316. The summed E-state index contributed by atoms with van der Waals surface area (Å²) in [6.07, 6.45) is 3.72. The highest BCUT2D eigenvalue weighted by Crippen LogP contribution is 2.28. The molecule has 0 bridgehead atoms. The number of amides is 1. The first-order valence-corrected chi connectivity index (χ1v) is 15.5. The summed E-state index contributed by atoms with van der Waals surface area (Å²) in [7, 11) is 0. The van der Waals surface area contributed by atoms with Crippen LogP contribution in [0.2, 0.25) is 0 Å². The number of ether oxygens (including phenoxy) is 2. The van der Waals surface area contributed by atoms with Crippen LogP contribution in [0.1, 0.15) is 52.0 Å². The molecular formula is C36H41N3O4. The molecule has 6 rings (SSSR count). The summed E-state index contributed by atoms with van der Waals surface area (Å²) in [5.41, 5.74) is 3.30. The first kappa shape index (κ1) is 29.2. The number of hydrogen-bond acceptors (Lipinski definition) is 6. The molecule has 0 spiro atoms. The van der Waals surface area contributed by atoms with Crippen LogP contribution in [0.3, 0.4) is 0 Å². The van der Waals surface area contributed by atoms with Gasteiger partial charge in [-0.25, -0.2) is 0 Å². The summed E-state index contributed by atoms with van der Waals surface area (Å²) in [5.74, 6) is 1.82. The van der Waals surface area contributed by atoms with Crippen LogP contribution in [0.15, 0.2) is 108 Å². The summed E-state index contributed by atoms with van der Waals surface area (Å²) in [5, 5.41) is 3.12. The maximum Gasteiger partial charge on any atom is 0.251 e. The van der Waals surface area contributed by atoms with E-state index in [2.05, 4.69) is 75.8 Å². The average molecular weight is 580 g/mol. The first-order valence-electron chi connectivity index (χ1n) is 15.5. The van der Waals surface area contributed by atoms with Crippen molar-refractivity contribution in [1.29, 1.82) is 0 Å². The van der Waals surface area contributed by atoms with E-state index in [0.29, 0.717) is 31.2 Å². The number of nitrogens with zero attached hydrogens (tertiary/aromatic N) is 2. The monoisotopic (exact) mass is 579 g/mol. The van der Waals surface area contributed by atoms with Crippen LogP contribution in [0, 0.1) is 0 Å². The molecule has 3 heterocycles. The second-order valence-electron chi connectivity index (χ2n) is 11.4. The normalized spacial score (nSPS) is 17.5. The van der Waals surface area contributed by atoms with Gasteiger partial charge in [-0.15, -0.1) is 0 Å². The zero-order valence-corrected chi connectivity index (χ0v) is 24.6. The molecule has 0 radical (unpaired) electrons. The molecule has 224 valence electrons. The van der Waals surface area contributed by atoms with Crippen molar-refractivity contribution in [2.75, 3.05) is 52.5 Å². The number of furan rings is 1. The van der Waals surface area contributed by atoms with E-state index in [0.717, 1.165) is 57.1 Å². The third kappa shape index (κ3) is 7.73. The highest BCUT2D eigenvalue weighted by atomic mass is 16.5. The average Bonchev–Trinajstić information content (AvgIpc) is 3.61. The van der Waals surface area contributed by atoms with Gasteiger partial charge < -0.3 is 24.1 Å². The van der Waals surface area contributed by atoms with E-state index in [1.165, 1.54) is 11.1 Å². The van der Waals surface area contributed by atoms with Gasteiger partial charge in [0.05, 0.1) is 25.5 Å². The second-order valence-corrected chi connectivity index (χ2v) is 11.4. The van der Waals surface area contributed by atoms with Gasteiger partial charge in [0.1, 0.15) is 17.6 Å². The van der Waals surface area contributed by atoms with Crippen molar-refractivity contribution in [2.24, 2.45) is 0 Å². The van der Waals surface area contributed by atoms with Gasteiger partial charge in [0.2, 0.25) is 0 Å². The second kappa shape index (κ2) is 14.5. The van der Waals surface area contributed by atoms with Crippen molar-refractivity contribution in [2.45, 2.75) is 30.9 Å². The van der Waals surface area contributed by atoms with Crippen molar-refractivity contribution in [3.05, 3.63) is 126 Å². The Labute approximate surface area is 254 Å².